The highest BCUT2D eigenvalue weighted by Gasteiger charge is 2.22. The number of benzene rings is 2. The van der Waals surface area contributed by atoms with Crippen molar-refractivity contribution in [1.29, 1.82) is 5.26 Å². The molecule has 0 N–H and O–H groups in total. The minimum absolute atomic E-state index is 0.665. The fourth-order valence-corrected chi connectivity index (χ4v) is 4.23. The lowest BCUT2D eigenvalue weighted by atomic mass is 9.77. The normalized spacial score (nSPS) is 19.9. The van der Waals surface area contributed by atoms with Crippen molar-refractivity contribution < 1.29 is 4.39 Å². The van der Waals surface area contributed by atoms with Gasteiger partial charge in [-0.1, -0.05) is 55.3 Å². The lowest BCUT2D eigenvalue weighted by molar-refractivity contribution is 0.303. The maximum absolute atomic E-state index is 11.9. The van der Waals surface area contributed by atoms with E-state index < -0.39 is 0 Å². The van der Waals surface area contributed by atoms with Gasteiger partial charge in [0.05, 0.1) is 18.0 Å². The molecule has 1 aliphatic rings. The van der Waals surface area contributed by atoms with Crippen molar-refractivity contribution in [1.82, 2.24) is 0 Å². The highest BCUT2D eigenvalue weighted by molar-refractivity contribution is 5.64. The molecular formula is C25H28FN. The largest absolute Gasteiger partial charge is 0.216 e. The summed E-state index contributed by atoms with van der Waals surface area (Å²) in [7, 11) is 0. The molecule has 3 rings (SSSR count). The number of nitriles is 1. The van der Waals surface area contributed by atoms with E-state index >= 15 is 0 Å². The summed E-state index contributed by atoms with van der Waals surface area (Å²) >= 11 is 0. The molecule has 2 heteroatoms. The van der Waals surface area contributed by atoms with Gasteiger partial charge in [0.2, 0.25) is 0 Å². The Balaban J connectivity index is 1.49. The monoisotopic (exact) mass is 361 g/mol. The van der Waals surface area contributed by atoms with Gasteiger partial charge in [-0.3, -0.25) is 0 Å². The zero-order chi connectivity index (χ0) is 18.9. The van der Waals surface area contributed by atoms with Crippen LogP contribution in [0.1, 0.15) is 68.4 Å². The average molecular weight is 362 g/mol. The highest BCUT2D eigenvalue weighted by atomic mass is 19.1. The Morgan fingerprint density at radius 3 is 2.11 bits per heavy atom. The van der Waals surface area contributed by atoms with Crippen LogP contribution >= 0.6 is 0 Å². The number of rotatable bonds is 7. The summed E-state index contributed by atoms with van der Waals surface area (Å²) < 4.78 is 11.9. The van der Waals surface area contributed by atoms with E-state index in [2.05, 4.69) is 30.3 Å². The van der Waals surface area contributed by atoms with E-state index in [0.717, 1.165) is 24.3 Å². The molecule has 0 radical (unpaired) electrons. The molecule has 1 fully saturated rings. The first kappa shape index (κ1) is 19.4. The number of unbranched alkanes of at least 4 members (excludes halogenated alkanes) is 2. The summed E-state index contributed by atoms with van der Waals surface area (Å²) in [5.41, 5.74) is 4.52. The summed E-state index contributed by atoms with van der Waals surface area (Å²) in [6.45, 7) is 0. The predicted molar refractivity (Wildman–Crippen MR) is 110 cm³/mol. The number of nitrogens with zero attached hydrogens (tertiary/aromatic N) is 1. The van der Waals surface area contributed by atoms with Gasteiger partial charge in [-0.15, -0.1) is 0 Å². The van der Waals surface area contributed by atoms with E-state index in [1.807, 2.05) is 24.3 Å². The second kappa shape index (κ2) is 10.1. The van der Waals surface area contributed by atoms with Gasteiger partial charge in [-0.2, -0.15) is 5.26 Å². The van der Waals surface area contributed by atoms with E-state index in [0.29, 0.717) is 17.8 Å². The number of hydrogen-bond donors (Lipinski definition) is 0. The van der Waals surface area contributed by atoms with Crippen LogP contribution in [0.25, 0.3) is 11.1 Å². The third kappa shape index (κ3) is 5.54. The lowest BCUT2D eigenvalue weighted by Crippen LogP contribution is -2.13. The Labute approximate surface area is 162 Å². The fraction of sp³-hybridized carbons (Fsp3) is 0.400. The molecule has 0 spiro atoms. The van der Waals surface area contributed by atoms with Gasteiger partial charge in [0.25, 0.3) is 0 Å². The Morgan fingerprint density at radius 2 is 1.52 bits per heavy atom. The second-order valence-corrected chi connectivity index (χ2v) is 7.67. The summed E-state index contributed by atoms with van der Waals surface area (Å²) in [6, 6.07) is 18.9. The zero-order valence-electron chi connectivity index (χ0n) is 15.9. The van der Waals surface area contributed by atoms with E-state index in [4.69, 9.17) is 5.26 Å². The van der Waals surface area contributed by atoms with Crippen molar-refractivity contribution in [2.24, 2.45) is 5.92 Å². The van der Waals surface area contributed by atoms with Gasteiger partial charge in [0.15, 0.2) is 0 Å². The molecule has 0 atom stereocenters. The van der Waals surface area contributed by atoms with Crippen molar-refractivity contribution in [3.05, 3.63) is 72.1 Å². The van der Waals surface area contributed by atoms with Crippen LogP contribution in [0.5, 0.6) is 0 Å². The average Bonchev–Trinajstić information content (AvgIpc) is 2.74. The first-order valence-corrected chi connectivity index (χ1v) is 10.2. The first-order valence-electron chi connectivity index (χ1n) is 10.2. The Morgan fingerprint density at radius 1 is 0.889 bits per heavy atom. The minimum Gasteiger partial charge on any atom is -0.216 e. The molecule has 0 unspecified atom stereocenters. The van der Waals surface area contributed by atoms with E-state index in [-0.39, 0.29) is 0 Å². The quantitative estimate of drug-likeness (QED) is 0.467. The van der Waals surface area contributed by atoms with Crippen molar-refractivity contribution >= 4 is 0 Å². The molecule has 1 nitrogen and oxygen atoms in total. The standard InChI is InChI=1S/C25H28FN/c26-18-4-2-1-3-5-20-6-10-22(11-7-20)24-14-16-25(17-15-24)23-12-8-21(19-27)9-13-23/h4,8-9,12-18,20,22H,1-3,5-7,10-11H2/b18-4+/t20-,22-. The van der Waals surface area contributed by atoms with E-state index in [1.165, 1.54) is 49.7 Å². The molecule has 0 amide bonds. The van der Waals surface area contributed by atoms with Crippen LogP contribution in [0.15, 0.2) is 60.9 Å². The van der Waals surface area contributed by atoms with Crippen molar-refractivity contribution in [3.8, 4) is 17.2 Å². The highest BCUT2D eigenvalue weighted by Crippen LogP contribution is 2.38. The molecule has 1 aliphatic carbocycles. The molecule has 2 aromatic carbocycles. The van der Waals surface area contributed by atoms with Crippen LogP contribution in [0.2, 0.25) is 0 Å². The Kier molecular flexibility index (Phi) is 7.22. The van der Waals surface area contributed by atoms with Crippen LogP contribution in [0.4, 0.5) is 4.39 Å². The molecule has 0 aliphatic heterocycles. The lowest BCUT2D eigenvalue weighted by Gasteiger charge is -2.29. The SMILES string of the molecule is N#Cc1ccc(-c2ccc([C@H]3CC[C@H](CCCC/C=C/F)CC3)cc2)cc1. The van der Waals surface area contributed by atoms with E-state index in [9.17, 15) is 4.39 Å². The van der Waals surface area contributed by atoms with Crippen LogP contribution in [-0.2, 0) is 0 Å². The van der Waals surface area contributed by atoms with Crippen LogP contribution in [0.3, 0.4) is 0 Å². The number of hydrogen-bond acceptors (Lipinski definition) is 1. The molecule has 0 bridgehead atoms. The molecule has 0 saturated heterocycles. The van der Waals surface area contributed by atoms with Crippen molar-refractivity contribution in [2.75, 3.05) is 0 Å². The fourth-order valence-electron chi connectivity index (χ4n) is 4.23. The third-order valence-electron chi connectivity index (χ3n) is 5.90. The Bertz CT molecular complexity index is 759. The molecule has 0 aromatic heterocycles. The van der Waals surface area contributed by atoms with Crippen molar-refractivity contribution in [3.63, 3.8) is 0 Å². The smallest absolute Gasteiger partial charge is 0.0991 e. The molecule has 0 heterocycles. The topological polar surface area (TPSA) is 23.8 Å². The van der Waals surface area contributed by atoms with Gasteiger partial charge >= 0.3 is 0 Å². The van der Waals surface area contributed by atoms with Gasteiger partial charge in [-0.25, -0.2) is 4.39 Å². The van der Waals surface area contributed by atoms with E-state index in [1.54, 1.807) is 6.08 Å². The second-order valence-electron chi connectivity index (χ2n) is 7.67. The first-order chi connectivity index (χ1) is 13.3. The summed E-state index contributed by atoms with van der Waals surface area (Å²) in [6.07, 6.45) is 12.0. The van der Waals surface area contributed by atoms with Crippen LogP contribution in [0, 0.1) is 17.2 Å². The molecule has 2 aromatic rings. The van der Waals surface area contributed by atoms with Gasteiger partial charge < -0.3 is 0 Å². The van der Waals surface area contributed by atoms with Crippen LogP contribution < -0.4 is 0 Å². The Hall–Kier alpha value is -2.40. The molecular weight excluding hydrogens is 333 g/mol. The van der Waals surface area contributed by atoms with Crippen LogP contribution in [-0.4, -0.2) is 0 Å². The van der Waals surface area contributed by atoms with Crippen molar-refractivity contribution in [2.45, 2.75) is 57.3 Å². The molecule has 140 valence electrons. The summed E-state index contributed by atoms with van der Waals surface area (Å²) in [4.78, 5) is 0. The summed E-state index contributed by atoms with van der Waals surface area (Å²) in [5, 5.41) is 8.91. The predicted octanol–water partition coefficient (Wildman–Crippen LogP) is 7.54. The molecule has 1 saturated carbocycles. The molecule has 27 heavy (non-hydrogen) atoms. The minimum atomic E-state index is 0.665. The van der Waals surface area contributed by atoms with Gasteiger partial charge in [0, 0.05) is 0 Å². The maximum Gasteiger partial charge on any atom is 0.0991 e. The number of allylic oxidation sites excluding steroid dienone is 1. The van der Waals surface area contributed by atoms with Gasteiger partial charge in [-0.05, 0) is 79.2 Å². The number of halogens is 1. The third-order valence-corrected chi connectivity index (χ3v) is 5.90. The maximum atomic E-state index is 11.9. The van der Waals surface area contributed by atoms with Gasteiger partial charge in [0.1, 0.15) is 0 Å². The zero-order valence-corrected chi connectivity index (χ0v) is 15.9. The summed E-state index contributed by atoms with van der Waals surface area (Å²) in [5.74, 6) is 1.54.